The second-order valence-electron chi connectivity index (χ2n) is 2.83. The number of thioether (sulfide) groups is 1. The molecule has 0 bridgehead atoms. The maximum Gasteiger partial charge on any atom is 0.159 e. The summed E-state index contributed by atoms with van der Waals surface area (Å²) in [6.07, 6.45) is 3.98. The number of hydrazine groups is 1. The molecule has 0 aliphatic rings. The molecule has 1 unspecified atom stereocenters. The molecule has 6 heteroatoms. The van der Waals surface area contributed by atoms with Crippen LogP contribution in [-0.4, -0.2) is 26.9 Å². The summed E-state index contributed by atoms with van der Waals surface area (Å²) in [4.78, 5) is 8.18. The highest BCUT2D eigenvalue weighted by Crippen LogP contribution is 2.22. The third kappa shape index (κ3) is 3.49. The van der Waals surface area contributed by atoms with Crippen LogP contribution in [0.4, 0.5) is 5.82 Å². The van der Waals surface area contributed by atoms with Gasteiger partial charge in [-0.15, -0.1) is 11.8 Å². The van der Waals surface area contributed by atoms with Gasteiger partial charge in [0, 0.05) is 11.9 Å². The van der Waals surface area contributed by atoms with Gasteiger partial charge in [0.25, 0.3) is 0 Å². The number of aliphatic hydroxyl groups excluding tert-OH is 1. The number of nitrogens with zero attached hydrogens (tertiary/aromatic N) is 2. The zero-order valence-corrected chi connectivity index (χ0v) is 8.79. The van der Waals surface area contributed by atoms with Crippen molar-refractivity contribution in [1.29, 1.82) is 0 Å². The molecule has 0 saturated carbocycles. The predicted octanol–water partition coefficient (Wildman–Crippen LogP) is 0.625. The van der Waals surface area contributed by atoms with E-state index in [1.807, 2.05) is 6.92 Å². The molecule has 1 rings (SSSR count). The highest BCUT2D eigenvalue weighted by molar-refractivity contribution is 7.99. The van der Waals surface area contributed by atoms with Crippen molar-refractivity contribution >= 4 is 17.6 Å². The second kappa shape index (κ2) is 5.79. The first kappa shape index (κ1) is 11.2. The maximum atomic E-state index is 8.73. The zero-order valence-electron chi connectivity index (χ0n) is 7.97. The van der Waals surface area contributed by atoms with E-state index in [1.54, 1.807) is 24.2 Å². The van der Waals surface area contributed by atoms with Crippen LogP contribution in [-0.2, 0) is 0 Å². The first-order chi connectivity index (χ1) is 6.76. The van der Waals surface area contributed by atoms with Crippen molar-refractivity contribution in [2.24, 2.45) is 5.84 Å². The lowest BCUT2D eigenvalue weighted by atomic mass is 10.3. The Balaban J connectivity index is 2.57. The average Bonchev–Trinajstić information content (AvgIpc) is 2.18. The van der Waals surface area contributed by atoms with Crippen LogP contribution in [0.1, 0.15) is 13.3 Å². The van der Waals surface area contributed by atoms with Gasteiger partial charge in [-0.2, -0.15) is 0 Å². The molecule has 0 radical (unpaired) electrons. The highest BCUT2D eigenvalue weighted by Gasteiger charge is 2.05. The third-order valence-electron chi connectivity index (χ3n) is 1.62. The molecular weight excluding hydrogens is 200 g/mol. The van der Waals surface area contributed by atoms with Crippen molar-refractivity contribution < 1.29 is 5.11 Å². The maximum absolute atomic E-state index is 8.73. The molecule has 14 heavy (non-hydrogen) atoms. The quantitative estimate of drug-likeness (QED) is 0.379. The van der Waals surface area contributed by atoms with Gasteiger partial charge < -0.3 is 10.5 Å². The summed E-state index contributed by atoms with van der Waals surface area (Å²) in [5.41, 5.74) is 2.44. The SMILES string of the molecule is CC(CCO)Sc1cncc(NN)n1. The number of aromatic nitrogens is 2. The van der Waals surface area contributed by atoms with E-state index in [0.717, 1.165) is 11.4 Å². The summed E-state index contributed by atoms with van der Waals surface area (Å²) in [5.74, 6) is 5.75. The summed E-state index contributed by atoms with van der Waals surface area (Å²) < 4.78 is 0. The lowest BCUT2D eigenvalue weighted by Gasteiger charge is -2.08. The van der Waals surface area contributed by atoms with Crippen LogP contribution in [0.2, 0.25) is 0 Å². The first-order valence-corrected chi connectivity index (χ1v) is 5.20. The van der Waals surface area contributed by atoms with Crippen molar-refractivity contribution in [3.63, 3.8) is 0 Å². The zero-order chi connectivity index (χ0) is 10.4. The van der Waals surface area contributed by atoms with Crippen LogP contribution in [0, 0.1) is 0 Å². The molecule has 0 aliphatic heterocycles. The van der Waals surface area contributed by atoms with Gasteiger partial charge in [-0.05, 0) is 6.42 Å². The Morgan fingerprint density at radius 3 is 3.07 bits per heavy atom. The summed E-state index contributed by atoms with van der Waals surface area (Å²) in [6, 6.07) is 0. The molecule has 0 aromatic carbocycles. The molecule has 0 amide bonds. The minimum atomic E-state index is 0.191. The van der Waals surface area contributed by atoms with Gasteiger partial charge in [-0.25, -0.2) is 10.8 Å². The van der Waals surface area contributed by atoms with Crippen molar-refractivity contribution in [1.82, 2.24) is 9.97 Å². The summed E-state index contributed by atoms with van der Waals surface area (Å²) >= 11 is 1.57. The van der Waals surface area contributed by atoms with Gasteiger partial charge in [-0.3, -0.25) is 4.98 Å². The van der Waals surface area contributed by atoms with Crippen molar-refractivity contribution in [3.05, 3.63) is 12.4 Å². The Hall–Kier alpha value is -0.850. The minimum Gasteiger partial charge on any atom is -0.396 e. The molecule has 0 aliphatic carbocycles. The van der Waals surface area contributed by atoms with Crippen molar-refractivity contribution in [2.75, 3.05) is 12.0 Å². The number of aliphatic hydroxyl groups is 1. The smallest absolute Gasteiger partial charge is 0.159 e. The number of nitrogens with one attached hydrogen (secondary N) is 1. The molecule has 1 heterocycles. The van der Waals surface area contributed by atoms with Gasteiger partial charge in [0.2, 0.25) is 0 Å². The normalized spacial score (nSPS) is 12.5. The molecule has 1 aromatic rings. The average molecular weight is 214 g/mol. The number of nitrogen functional groups attached to an aromatic ring is 1. The summed E-state index contributed by atoms with van der Waals surface area (Å²) in [5, 5.41) is 9.86. The van der Waals surface area contributed by atoms with Crippen LogP contribution in [0.25, 0.3) is 0 Å². The Kier molecular flexibility index (Phi) is 4.64. The molecular formula is C8H14N4OS. The van der Waals surface area contributed by atoms with Gasteiger partial charge >= 0.3 is 0 Å². The standard InChI is InChI=1S/C8H14N4OS/c1-6(2-3-13)14-8-5-10-4-7(11-8)12-9/h4-6,13H,2-3,9H2,1H3,(H,11,12). The van der Waals surface area contributed by atoms with E-state index in [1.165, 1.54) is 0 Å². The van der Waals surface area contributed by atoms with Gasteiger partial charge in [-0.1, -0.05) is 6.92 Å². The van der Waals surface area contributed by atoms with Crippen LogP contribution in [0.3, 0.4) is 0 Å². The van der Waals surface area contributed by atoms with Crippen LogP contribution in [0.15, 0.2) is 17.4 Å². The fourth-order valence-electron chi connectivity index (χ4n) is 0.921. The van der Waals surface area contributed by atoms with E-state index in [0.29, 0.717) is 11.1 Å². The fourth-order valence-corrected chi connectivity index (χ4v) is 1.83. The van der Waals surface area contributed by atoms with Gasteiger partial charge in [0.1, 0.15) is 5.03 Å². The lowest BCUT2D eigenvalue weighted by Crippen LogP contribution is -2.09. The van der Waals surface area contributed by atoms with E-state index in [-0.39, 0.29) is 6.61 Å². The number of hydrogen-bond acceptors (Lipinski definition) is 6. The van der Waals surface area contributed by atoms with Crippen molar-refractivity contribution in [2.45, 2.75) is 23.6 Å². The van der Waals surface area contributed by atoms with E-state index < -0.39 is 0 Å². The second-order valence-corrected chi connectivity index (χ2v) is 4.29. The highest BCUT2D eigenvalue weighted by atomic mass is 32.2. The Bertz CT molecular complexity index is 284. The molecule has 4 N–H and O–H groups in total. The van der Waals surface area contributed by atoms with Crippen LogP contribution >= 0.6 is 11.8 Å². The predicted molar refractivity (Wildman–Crippen MR) is 56.9 cm³/mol. The van der Waals surface area contributed by atoms with E-state index >= 15 is 0 Å². The molecule has 1 atom stereocenters. The lowest BCUT2D eigenvalue weighted by molar-refractivity contribution is 0.289. The number of nitrogens with two attached hydrogens (primary N) is 1. The molecule has 0 fully saturated rings. The van der Waals surface area contributed by atoms with Crippen LogP contribution in [0.5, 0.6) is 0 Å². The third-order valence-corrected chi connectivity index (χ3v) is 2.69. The van der Waals surface area contributed by atoms with E-state index in [9.17, 15) is 0 Å². The molecule has 5 nitrogen and oxygen atoms in total. The minimum absolute atomic E-state index is 0.191. The van der Waals surface area contributed by atoms with Crippen molar-refractivity contribution in [3.8, 4) is 0 Å². The topological polar surface area (TPSA) is 84.1 Å². The summed E-state index contributed by atoms with van der Waals surface area (Å²) in [7, 11) is 0. The number of rotatable bonds is 5. The Morgan fingerprint density at radius 1 is 1.64 bits per heavy atom. The fraction of sp³-hybridized carbons (Fsp3) is 0.500. The largest absolute Gasteiger partial charge is 0.396 e. The van der Waals surface area contributed by atoms with Gasteiger partial charge in [0.05, 0.1) is 12.4 Å². The van der Waals surface area contributed by atoms with E-state index in [4.69, 9.17) is 10.9 Å². The molecule has 0 spiro atoms. The van der Waals surface area contributed by atoms with Gasteiger partial charge in [0.15, 0.2) is 5.82 Å². The molecule has 1 aromatic heterocycles. The summed E-state index contributed by atoms with van der Waals surface area (Å²) in [6.45, 7) is 2.22. The number of hydrogen-bond donors (Lipinski definition) is 3. The first-order valence-electron chi connectivity index (χ1n) is 4.32. The number of anilines is 1. The molecule has 78 valence electrons. The van der Waals surface area contributed by atoms with E-state index in [2.05, 4.69) is 15.4 Å². The Morgan fingerprint density at radius 2 is 2.43 bits per heavy atom. The monoisotopic (exact) mass is 214 g/mol. The Labute approximate surface area is 87.1 Å². The van der Waals surface area contributed by atoms with Crippen LogP contribution < -0.4 is 11.3 Å². The molecule has 0 saturated heterocycles.